The number of carbonyl (C=O) groups is 2. The molecule has 0 saturated heterocycles. The third-order valence-corrected chi connectivity index (χ3v) is 7.07. The van der Waals surface area contributed by atoms with E-state index in [1.54, 1.807) is 29.9 Å². The van der Waals surface area contributed by atoms with Crippen molar-refractivity contribution in [3.63, 3.8) is 0 Å². The van der Waals surface area contributed by atoms with Crippen molar-refractivity contribution in [1.29, 1.82) is 0 Å². The molecule has 1 spiro atoms. The number of hydrogen-bond acceptors (Lipinski definition) is 6. The molecule has 8 nitrogen and oxygen atoms in total. The highest BCUT2D eigenvalue weighted by Gasteiger charge is 2.56. The van der Waals surface area contributed by atoms with Crippen LogP contribution in [0, 0.1) is 0 Å². The molecule has 4 heterocycles. The fraction of sp³-hybridized carbons (Fsp3) is 0.182. The zero-order valence-electron chi connectivity index (χ0n) is 16.7. The Hall–Kier alpha value is -3.72. The Labute approximate surface area is 181 Å². The first-order valence-electron chi connectivity index (χ1n) is 9.74. The van der Waals surface area contributed by atoms with Crippen LogP contribution >= 0.6 is 11.3 Å². The molecule has 2 aliphatic heterocycles. The largest absolute Gasteiger partial charge is 0.497 e. The minimum atomic E-state index is -1.08. The average molecular weight is 431 g/mol. The van der Waals surface area contributed by atoms with E-state index < -0.39 is 5.41 Å². The van der Waals surface area contributed by atoms with Crippen molar-refractivity contribution in [3.8, 4) is 10.9 Å². The summed E-state index contributed by atoms with van der Waals surface area (Å²) in [6.07, 6.45) is 1.72. The van der Waals surface area contributed by atoms with E-state index in [0.29, 0.717) is 16.5 Å². The molecule has 2 amide bonds. The third-order valence-electron chi connectivity index (χ3n) is 6.07. The number of benzene rings is 2. The van der Waals surface area contributed by atoms with Gasteiger partial charge in [0.15, 0.2) is 0 Å². The summed E-state index contributed by atoms with van der Waals surface area (Å²) >= 11 is 1.44. The molecule has 0 fully saturated rings. The molecule has 1 N–H and O–H groups in total. The van der Waals surface area contributed by atoms with E-state index in [-0.39, 0.29) is 18.2 Å². The lowest BCUT2D eigenvalue weighted by molar-refractivity contribution is -0.126. The monoisotopic (exact) mass is 431 g/mol. The van der Waals surface area contributed by atoms with Crippen molar-refractivity contribution in [2.45, 2.75) is 11.8 Å². The summed E-state index contributed by atoms with van der Waals surface area (Å²) < 4.78 is 7.86. The summed E-state index contributed by atoms with van der Waals surface area (Å²) in [5.74, 6) is 0.878. The first-order valence-corrected chi connectivity index (χ1v) is 10.6. The molecule has 0 radical (unpaired) electrons. The molecule has 154 valence electrons. The van der Waals surface area contributed by atoms with Gasteiger partial charge in [-0.3, -0.25) is 9.59 Å². The normalized spacial score (nSPS) is 19.6. The zero-order valence-corrected chi connectivity index (χ0v) is 17.6. The van der Waals surface area contributed by atoms with Gasteiger partial charge in [-0.1, -0.05) is 29.5 Å². The van der Waals surface area contributed by atoms with E-state index in [2.05, 4.69) is 15.4 Å². The van der Waals surface area contributed by atoms with Gasteiger partial charge in [0.05, 0.1) is 23.5 Å². The number of aromatic nitrogens is 3. The van der Waals surface area contributed by atoms with Crippen molar-refractivity contribution in [2.75, 3.05) is 24.4 Å². The minimum Gasteiger partial charge on any atom is -0.497 e. The molecule has 31 heavy (non-hydrogen) atoms. The number of amides is 2. The number of nitrogens with zero attached hydrogens (tertiary/aromatic N) is 4. The molecule has 0 aliphatic carbocycles. The number of para-hydroxylation sites is 1. The fourth-order valence-electron chi connectivity index (χ4n) is 4.62. The number of likely N-dealkylation sites (N-methyl/N-ethyl adjacent to an activating group) is 1. The van der Waals surface area contributed by atoms with Crippen LogP contribution in [0.2, 0.25) is 0 Å². The van der Waals surface area contributed by atoms with Crippen LogP contribution in [0.15, 0.2) is 48.7 Å². The van der Waals surface area contributed by atoms with Gasteiger partial charge in [-0.25, -0.2) is 4.98 Å². The molecule has 0 saturated carbocycles. The smallest absolute Gasteiger partial charge is 0.242 e. The van der Waals surface area contributed by atoms with E-state index >= 15 is 0 Å². The Morgan fingerprint density at radius 3 is 2.84 bits per heavy atom. The van der Waals surface area contributed by atoms with Crippen molar-refractivity contribution in [3.05, 3.63) is 59.8 Å². The fourth-order valence-corrected chi connectivity index (χ4v) is 5.58. The molecule has 1 atom stereocenters. The lowest BCUT2D eigenvalue weighted by atomic mass is 9.72. The van der Waals surface area contributed by atoms with Gasteiger partial charge in [0.1, 0.15) is 17.0 Å². The predicted molar refractivity (Wildman–Crippen MR) is 117 cm³/mol. The maximum atomic E-state index is 13.5. The summed E-state index contributed by atoms with van der Waals surface area (Å²) in [5, 5.41) is 8.07. The number of anilines is 2. The lowest BCUT2D eigenvalue weighted by Crippen LogP contribution is -2.45. The number of thiazole rings is 1. The highest BCUT2D eigenvalue weighted by atomic mass is 32.1. The summed E-state index contributed by atoms with van der Waals surface area (Å²) in [6.45, 7) is 0. The molecule has 2 aliphatic rings. The Morgan fingerprint density at radius 2 is 2.00 bits per heavy atom. The Balaban J connectivity index is 1.56. The third kappa shape index (κ3) is 2.29. The van der Waals surface area contributed by atoms with Crippen LogP contribution in [0.25, 0.3) is 15.3 Å². The minimum absolute atomic E-state index is 0.0446. The second kappa shape index (κ2) is 6.14. The highest BCUT2D eigenvalue weighted by molar-refractivity contribution is 7.20. The standard InChI is InChI=1S/C22H17N5O3S/c1-26-16-6-4-3-5-13(16)22(20(26)29)10-18(28)25-19-14(22)11-23-27(19)21-24-15-8-7-12(30-2)9-17(15)31-21/h3-9,11H,10H2,1-2H3,(H,25,28). The van der Waals surface area contributed by atoms with Gasteiger partial charge in [-0.15, -0.1) is 0 Å². The number of rotatable bonds is 2. The van der Waals surface area contributed by atoms with E-state index in [4.69, 9.17) is 4.74 Å². The van der Waals surface area contributed by atoms with Gasteiger partial charge in [0.25, 0.3) is 0 Å². The topological polar surface area (TPSA) is 89.3 Å². The van der Waals surface area contributed by atoms with Gasteiger partial charge in [-0.2, -0.15) is 9.78 Å². The molecule has 0 bridgehead atoms. The first kappa shape index (κ1) is 18.1. The second-order valence-electron chi connectivity index (χ2n) is 7.66. The molecular weight excluding hydrogens is 414 g/mol. The maximum Gasteiger partial charge on any atom is 0.242 e. The van der Waals surface area contributed by atoms with Gasteiger partial charge >= 0.3 is 0 Å². The number of hydrogen-bond donors (Lipinski definition) is 1. The van der Waals surface area contributed by atoms with E-state index in [0.717, 1.165) is 27.2 Å². The number of carbonyl (C=O) groups excluding carboxylic acids is 2. The lowest BCUT2D eigenvalue weighted by Gasteiger charge is -2.31. The van der Waals surface area contributed by atoms with Crippen LogP contribution in [0.3, 0.4) is 0 Å². The van der Waals surface area contributed by atoms with Crippen LogP contribution in [0.1, 0.15) is 17.5 Å². The summed E-state index contributed by atoms with van der Waals surface area (Å²) in [6, 6.07) is 13.3. The van der Waals surface area contributed by atoms with Gasteiger partial charge in [-0.05, 0) is 29.8 Å². The van der Waals surface area contributed by atoms with Gasteiger partial charge in [0.2, 0.25) is 16.9 Å². The van der Waals surface area contributed by atoms with Crippen molar-refractivity contribution in [2.24, 2.45) is 0 Å². The first-order chi connectivity index (χ1) is 15.0. The molecular formula is C22H17N5O3S. The number of fused-ring (bicyclic) bond motifs is 5. The molecule has 9 heteroatoms. The molecule has 2 aromatic heterocycles. The van der Waals surface area contributed by atoms with Crippen LogP contribution in [0.4, 0.5) is 11.5 Å². The molecule has 4 aromatic rings. The van der Waals surface area contributed by atoms with E-state index in [9.17, 15) is 9.59 Å². The molecule has 2 aromatic carbocycles. The summed E-state index contributed by atoms with van der Waals surface area (Å²) in [4.78, 5) is 32.6. The number of methoxy groups -OCH3 is 1. The molecule has 1 unspecified atom stereocenters. The molecule has 6 rings (SSSR count). The van der Waals surface area contributed by atoms with E-state index in [1.807, 2.05) is 42.5 Å². The van der Waals surface area contributed by atoms with Gasteiger partial charge in [0, 0.05) is 24.7 Å². The van der Waals surface area contributed by atoms with E-state index in [1.165, 1.54) is 11.3 Å². The SMILES string of the molecule is COc1ccc2nc(-n3ncc4c3NC(=O)CC43C(=O)N(C)c4ccccc43)sc2c1. The Kier molecular flexibility index (Phi) is 3.58. The van der Waals surface area contributed by atoms with Crippen LogP contribution in [-0.2, 0) is 15.0 Å². The van der Waals surface area contributed by atoms with Crippen LogP contribution in [0.5, 0.6) is 5.75 Å². The van der Waals surface area contributed by atoms with Crippen LogP contribution < -0.4 is 15.0 Å². The van der Waals surface area contributed by atoms with Crippen molar-refractivity contribution >= 4 is 44.9 Å². The summed E-state index contributed by atoms with van der Waals surface area (Å²) in [7, 11) is 3.36. The van der Waals surface area contributed by atoms with Gasteiger partial charge < -0.3 is 15.0 Å². The Bertz CT molecular complexity index is 1410. The second-order valence-corrected chi connectivity index (χ2v) is 8.67. The number of nitrogens with one attached hydrogen (secondary N) is 1. The van der Waals surface area contributed by atoms with Crippen LogP contribution in [-0.4, -0.2) is 40.7 Å². The van der Waals surface area contributed by atoms with Crippen molar-refractivity contribution < 1.29 is 14.3 Å². The maximum absolute atomic E-state index is 13.5. The van der Waals surface area contributed by atoms with Crippen molar-refractivity contribution in [1.82, 2.24) is 14.8 Å². The summed E-state index contributed by atoms with van der Waals surface area (Å²) in [5.41, 5.74) is 2.05. The highest BCUT2D eigenvalue weighted by Crippen LogP contribution is 2.52. The Morgan fingerprint density at radius 1 is 1.16 bits per heavy atom. The zero-order chi connectivity index (χ0) is 21.3. The quantitative estimate of drug-likeness (QED) is 0.527. The predicted octanol–water partition coefficient (Wildman–Crippen LogP) is 3.10. The number of ether oxygens (including phenoxy) is 1. The average Bonchev–Trinajstić information content (AvgIpc) is 3.45.